The average Bonchev–Trinajstić information content (AvgIpc) is 3.08. The Morgan fingerprint density at radius 1 is 1.57 bits per heavy atom. The molecule has 9 heteroatoms. The zero-order valence-electron chi connectivity index (χ0n) is 11.2. The molecule has 1 aromatic heterocycles. The minimum atomic E-state index is -3.83. The predicted molar refractivity (Wildman–Crippen MR) is 74.3 cm³/mol. The number of sulfonamides is 1. The van der Waals surface area contributed by atoms with Gasteiger partial charge in [-0.15, -0.1) is 11.3 Å². The van der Waals surface area contributed by atoms with Gasteiger partial charge in [-0.05, 0) is 12.1 Å². The van der Waals surface area contributed by atoms with Crippen LogP contribution >= 0.6 is 11.3 Å². The highest BCUT2D eigenvalue weighted by Gasteiger charge is 2.43. The van der Waals surface area contributed by atoms with E-state index in [0.29, 0.717) is 4.88 Å². The molecule has 114 valence electrons. The van der Waals surface area contributed by atoms with Crippen LogP contribution in [0.2, 0.25) is 0 Å². The van der Waals surface area contributed by atoms with Crippen molar-refractivity contribution in [1.29, 1.82) is 5.26 Å². The first-order chi connectivity index (χ1) is 9.91. The second-order valence-corrected chi connectivity index (χ2v) is 7.69. The first kappa shape index (κ1) is 15.9. The molecule has 1 aromatic rings. The van der Waals surface area contributed by atoms with Gasteiger partial charge >= 0.3 is 5.97 Å². The summed E-state index contributed by atoms with van der Waals surface area (Å²) in [6, 6.07) is 3.96. The van der Waals surface area contributed by atoms with Gasteiger partial charge in [0.05, 0.1) is 25.2 Å². The van der Waals surface area contributed by atoms with E-state index in [9.17, 15) is 13.2 Å². The highest BCUT2D eigenvalue weighted by Crippen LogP contribution is 2.29. The number of carboxylic acids is 1. The van der Waals surface area contributed by atoms with Crippen LogP contribution in [0.5, 0.6) is 0 Å². The molecule has 0 radical (unpaired) electrons. The smallest absolute Gasteiger partial charge is 0.310 e. The van der Waals surface area contributed by atoms with Crippen molar-refractivity contribution in [2.45, 2.75) is 17.2 Å². The van der Waals surface area contributed by atoms with E-state index < -0.39 is 28.0 Å². The van der Waals surface area contributed by atoms with Crippen molar-refractivity contribution in [1.82, 2.24) is 4.31 Å². The number of hydrogen-bond acceptors (Lipinski definition) is 6. The Labute approximate surface area is 126 Å². The Hall–Kier alpha value is -1.47. The number of hydrogen-bond donors (Lipinski definition) is 1. The number of rotatable bonds is 5. The second-order valence-electron chi connectivity index (χ2n) is 4.49. The minimum absolute atomic E-state index is 0.0000932. The molecule has 0 amide bonds. The lowest BCUT2D eigenvalue weighted by Gasteiger charge is -2.27. The van der Waals surface area contributed by atoms with Crippen LogP contribution in [-0.2, 0) is 19.6 Å². The summed E-state index contributed by atoms with van der Waals surface area (Å²) in [5.41, 5.74) is 0. The molecular weight excluding hydrogens is 316 g/mol. The molecule has 2 heterocycles. The van der Waals surface area contributed by atoms with Gasteiger partial charge < -0.3 is 9.84 Å². The zero-order chi connectivity index (χ0) is 15.6. The molecule has 1 N–H and O–H groups in total. The fraction of sp³-hybridized carbons (Fsp3) is 0.500. The van der Waals surface area contributed by atoms with E-state index in [1.54, 1.807) is 6.92 Å². The summed E-state index contributed by atoms with van der Waals surface area (Å²) in [5, 5.41) is 18.0. The summed E-state index contributed by atoms with van der Waals surface area (Å²) in [6.45, 7) is 1.84. The van der Waals surface area contributed by atoms with Crippen molar-refractivity contribution in [3.63, 3.8) is 0 Å². The van der Waals surface area contributed by atoms with Crippen molar-refractivity contribution in [3.8, 4) is 6.07 Å². The summed E-state index contributed by atoms with van der Waals surface area (Å²) in [6.07, 6.45) is 0. The van der Waals surface area contributed by atoms with E-state index in [1.807, 2.05) is 6.07 Å². The maximum absolute atomic E-state index is 12.6. The molecule has 2 unspecified atom stereocenters. The summed E-state index contributed by atoms with van der Waals surface area (Å²) in [7, 11) is -3.83. The van der Waals surface area contributed by atoms with E-state index in [4.69, 9.17) is 15.1 Å². The van der Waals surface area contributed by atoms with Crippen LogP contribution in [0.4, 0.5) is 0 Å². The van der Waals surface area contributed by atoms with Crippen LogP contribution in [0.15, 0.2) is 16.3 Å². The maximum atomic E-state index is 12.6. The van der Waals surface area contributed by atoms with E-state index in [2.05, 4.69) is 0 Å². The van der Waals surface area contributed by atoms with Crippen LogP contribution < -0.4 is 0 Å². The summed E-state index contributed by atoms with van der Waals surface area (Å²) >= 11 is 0.873. The van der Waals surface area contributed by atoms with Crippen molar-refractivity contribution < 1.29 is 23.1 Å². The predicted octanol–water partition coefficient (Wildman–Crippen LogP) is 0.730. The Kier molecular flexibility index (Phi) is 4.63. The lowest BCUT2D eigenvalue weighted by atomic mass is 10.0. The molecule has 0 aromatic carbocycles. The molecule has 2 rings (SSSR count). The normalized spacial score (nSPS) is 22.3. The molecule has 1 aliphatic heterocycles. The standard InChI is InChI=1S/C12H14N2O5S2/c1-2-14(10-7-19-6-9(10)12(15)16)21(17,18)11-4-3-8(5-13)20-11/h3-4,9-10H,2,6-7H2,1H3,(H,15,16). The summed E-state index contributed by atoms with van der Waals surface area (Å²) in [4.78, 5) is 11.5. The van der Waals surface area contributed by atoms with Gasteiger partial charge in [0.15, 0.2) is 0 Å². The Morgan fingerprint density at radius 2 is 2.29 bits per heavy atom. The monoisotopic (exact) mass is 330 g/mol. The molecule has 0 saturated carbocycles. The fourth-order valence-electron chi connectivity index (χ4n) is 2.28. The van der Waals surface area contributed by atoms with Gasteiger partial charge in [-0.3, -0.25) is 4.79 Å². The number of ether oxygens (including phenoxy) is 1. The Morgan fingerprint density at radius 3 is 2.81 bits per heavy atom. The highest BCUT2D eigenvalue weighted by molar-refractivity contribution is 7.91. The first-order valence-electron chi connectivity index (χ1n) is 6.24. The molecule has 0 spiro atoms. The molecule has 7 nitrogen and oxygen atoms in total. The second kappa shape index (κ2) is 6.11. The topological polar surface area (TPSA) is 108 Å². The van der Waals surface area contributed by atoms with E-state index in [0.717, 1.165) is 15.6 Å². The number of likely N-dealkylation sites (N-methyl/N-ethyl adjacent to an activating group) is 1. The SMILES string of the molecule is CCN(C1COCC1C(=O)O)S(=O)(=O)c1ccc(C#N)s1. The maximum Gasteiger partial charge on any atom is 0.310 e. The molecule has 0 aliphatic carbocycles. The lowest BCUT2D eigenvalue weighted by molar-refractivity contribution is -0.142. The lowest BCUT2D eigenvalue weighted by Crippen LogP contribution is -2.46. The largest absolute Gasteiger partial charge is 0.481 e. The Balaban J connectivity index is 2.36. The van der Waals surface area contributed by atoms with Gasteiger partial charge in [0.2, 0.25) is 0 Å². The Bertz CT molecular complexity index is 676. The molecule has 21 heavy (non-hydrogen) atoms. The van der Waals surface area contributed by atoms with Gasteiger partial charge in [-0.2, -0.15) is 9.57 Å². The van der Waals surface area contributed by atoms with Crippen LogP contribution in [0.3, 0.4) is 0 Å². The van der Waals surface area contributed by atoms with Crippen molar-refractivity contribution in [2.24, 2.45) is 5.92 Å². The van der Waals surface area contributed by atoms with Gasteiger partial charge in [0, 0.05) is 6.54 Å². The molecule has 0 bridgehead atoms. The number of carbonyl (C=O) groups is 1. The number of carboxylic acid groups (broad SMARTS) is 1. The van der Waals surface area contributed by atoms with Crippen LogP contribution in [0.25, 0.3) is 0 Å². The van der Waals surface area contributed by atoms with Gasteiger partial charge in [-0.25, -0.2) is 8.42 Å². The van der Waals surface area contributed by atoms with E-state index in [-0.39, 0.29) is 24.0 Å². The number of nitriles is 1. The van der Waals surface area contributed by atoms with Gasteiger partial charge in [0.1, 0.15) is 15.2 Å². The number of thiophene rings is 1. The van der Waals surface area contributed by atoms with Gasteiger partial charge in [-0.1, -0.05) is 6.92 Å². The van der Waals surface area contributed by atoms with E-state index >= 15 is 0 Å². The van der Waals surface area contributed by atoms with E-state index in [1.165, 1.54) is 12.1 Å². The number of aliphatic carboxylic acids is 1. The third kappa shape index (κ3) is 2.94. The minimum Gasteiger partial charge on any atom is -0.481 e. The summed E-state index contributed by atoms with van der Waals surface area (Å²) in [5.74, 6) is -1.95. The highest BCUT2D eigenvalue weighted by atomic mass is 32.2. The van der Waals surface area contributed by atoms with Gasteiger partial charge in [0.25, 0.3) is 10.0 Å². The van der Waals surface area contributed by atoms with Crippen molar-refractivity contribution >= 4 is 27.3 Å². The third-order valence-corrected chi connectivity index (χ3v) is 6.76. The van der Waals surface area contributed by atoms with Crippen LogP contribution in [0, 0.1) is 17.2 Å². The molecule has 1 aliphatic rings. The number of nitrogens with zero attached hydrogens (tertiary/aromatic N) is 2. The van der Waals surface area contributed by atoms with Crippen LogP contribution in [-0.4, -0.2) is 49.6 Å². The quantitative estimate of drug-likeness (QED) is 0.853. The molecular formula is C12H14N2O5S2. The van der Waals surface area contributed by atoms with Crippen molar-refractivity contribution in [2.75, 3.05) is 19.8 Å². The fourth-order valence-corrected chi connectivity index (χ4v) is 5.17. The molecule has 2 atom stereocenters. The molecule has 1 fully saturated rings. The molecule has 1 saturated heterocycles. The summed E-state index contributed by atoms with van der Waals surface area (Å²) < 4.78 is 31.6. The first-order valence-corrected chi connectivity index (χ1v) is 8.49. The van der Waals surface area contributed by atoms with Crippen molar-refractivity contribution in [3.05, 3.63) is 17.0 Å². The third-order valence-electron chi connectivity index (χ3n) is 3.30. The zero-order valence-corrected chi connectivity index (χ0v) is 12.9. The average molecular weight is 330 g/mol. The van der Waals surface area contributed by atoms with Crippen LogP contribution in [0.1, 0.15) is 11.8 Å².